The molecule has 0 aliphatic rings. The number of rotatable bonds is 6. The first-order chi connectivity index (χ1) is 14.6. The number of aromatic nitrogens is 2. The molecule has 3 aromatic carbocycles. The van der Waals surface area contributed by atoms with Gasteiger partial charge in [-0.2, -0.15) is 0 Å². The Bertz CT molecular complexity index is 1170. The number of ether oxygens (including phenoxy) is 3. The maximum absolute atomic E-state index is 6.01. The summed E-state index contributed by atoms with van der Waals surface area (Å²) in [5.74, 6) is 2.81. The molecule has 0 fully saturated rings. The van der Waals surface area contributed by atoms with Crippen LogP contribution in [0.25, 0.3) is 22.3 Å². The largest absolute Gasteiger partial charge is 0.493 e. The lowest BCUT2D eigenvalue weighted by molar-refractivity contribution is 0.324. The highest BCUT2D eigenvalue weighted by Crippen LogP contribution is 2.41. The van der Waals surface area contributed by atoms with Gasteiger partial charge < -0.3 is 19.5 Å². The van der Waals surface area contributed by atoms with Crippen LogP contribution in [0.15, 0.2) is 60.7 Å². The number of hydrogen-bond acceptors (Lipinski definition) is 6. The summed E-state index contributed by atoms with van der Waals surface area (Å²) in [6, 6.07) is 18.9. The molecule has 0 spiro atoms. The smallest absolute Gasteiger partial charge is 0.203 e. The number of benzene rings is 3. The van der Waals surface area contributed by atoms with Gasteiger partial charge in [0.25, 0.3) is 0 Å². The van der Waals surface area contributed by atoms with Crippen molar-refractivity contribution in [3.8, 4) is 28.6 Å². The Balaban J connectivity index is 1.87. The molecule has 0 saturated carbocycles. The molecule has 0 bridgehead atoms. The van der Waals surface area contributed by atoms with E-state index in [1.165, 1.54) is 0 Å². The van der Waals surface area contributed by atoms with Crippen molar-refractivity contribution in [2.75, 3.05) is 26.6 Å². The van der Waals surface area contributed by atoms with E-state index in [1.807, 2.05) is 60.7 Å². The fraction of sp³-hybridized carbons (Fsp3) is 0.130. The van der Waals surface area contributed by atoms with Crippen molar-refractivity contribution in [2.45, 2.75) is 0 Å². The zero-order chi connectivity index (χ0) is 21.1. The van der Waals surface area contributed by atoms with E-state index in [0.717, 1.165) is 22.2 Å². The van der Waals surface area contributed by atoms with Crippen molar-refractivity contribution in [1.29, 1.82) is 0 Å². The number of fused-ring (bicyclic) bond motifs is 1. The number of methoxy groups -OCH3 is 3. The highest BCUT2D eigenvalue weighted by atomic mass is 35.5. The molecule has 0 saturated heterocycles. The van der Waals surface area contributed by atoms with Gasteiger partial charge >= 0.3 is 0 Å². The molecular formula is C23H20ClN3O3. The predicted octanol–water partition coefficient (Wildman–Crippen LogP) is 5.72. The van der Waals surface area contributed by atoms with Gasteiger partial charge in [-0.15, -0.1) is 0 Å². The maximum Gasteiger partial charge on any atom is 0.203 e. The molecule has 7 heteroatoms. The molecule has 0 amide bonds. The molecule has 1 heterocycles. The summed E-state index contributed by atoms with van der Waals surface area (Å²) in [7, 11) is 4.73. The molecular weight excluding hydrogens is 402 g/mol. The average molecular weight is 422 g/mol. The van der Waals surface area contributed by atoms with E-state index in [9.17, 15) is 0 Å². The highest BCUT2D eigenvalue weighted by Gasteiger charge is 2.17. The summed E-state index contributed by atoms with van der Waals surface area (Å²) in [4.78, 5) is 9.53. The second-order valence-electron chi connectivity index (χ2n) is 6.46. The Labute approximate surface area is 179 Å². The highest BCUT2D eigenvalue weighted by molar-refractivity contribution is 6.30. The van der Waals surface area contributed by atoms with Crippen molar-refractivity contribution >= 4 is 34.0 Å². The summed E-state index contributed by atoms with van der Waals surface area (Å²) in [6.45, 7) is 0. The molecule has 4 rings (SSSR count). The van der Waals surface area contributed by atoms with Gasteiger partial charge in [0.1, 0.15) is 5.82 Å². The molecule has 0 unspecified atom stereocenters. The van der Waals surface area contributed by atoms with E-state index in [2.05, 4.69) is 5.32 Å². The van der Waals surface area contributed by atoms with Crippen molar-refractivity contribution in [1.82, 2.24) is 9.97 Å². The molecule has 1 aromatic heterocycles. The van der Waals surface area contributed by atoms with E-state index in [1.54, 1.807) is 21.3 Å². The van der Waals surface area contributed by atoms with Gasteiger partial charge in [-0.1, -0.05) is 23.7 Å². The van der Waals surface area contributed by atoms with Crippen molar-refractivity contribution in [3.63, 3.8) is 0 Å². The maximum atomic E-state index is 6.01. The molecule has 0 radical (unpaired) electrons. The number of nitrogens with one attached hydrogen (secondary N) is 1. The standard InChI is InChI=1S/C23H20ClN3O3/c1-28-19-12-14(13-20(29-2)21(19)30-3)22-26-18-7-5-4-6-17(18)23(27-22)25-16-10-8-15(24)9-11-16/h4-13H,1-3H3,(H,25,26,27). The number of halogens is 1. The molecule has 30 heavy (non-hydrogen) atoms. The minimum Gasteiger partial charge on any atom is -0.493 e. The van der Waals surface area contributed by atoms with Gasteiger partial charge in [0.05, 0.1) is 26.8 Å². The number of para-hydroxylation sites is 1. The summed E-state index contributed by atoms with van der Waals surface area (Å²) in [5.41, 5.74) is 2.43. The minimum absolute atomic E-state index is 0.518. The van der Waals surface area contributed by atoms with Crippen LogP contribution < -0.4 is 19.5 Å². The van der Waals surface area contributed by atoms with Crippen LogP contribution >= 0.6 is 11.6 Å². The van der Waals surface area contributed by atoms with Crippen LogP contribution in [0.5, 0.6) is 17.2 Å². The topological polar surface area (TPSA) is 65.5 Å². The summed E-state index contributed by atoms with van der Waals surface area (Å²) in [5, 5.41) is 4.95. The fourth-order valence-electron chi connectivity index (χ4n) is 3.18. The number of hydrogen-bond donors (Lipinski definition) is 1. The Morgan fingerprint density at radius 1 is 0.800 bits per heavy atom. The summed E-state index contributed by atoms with van der Waals surface area (Å²) in [6.07, 6.45) is 0. The molecule has 4 aromatic rings. The van der Waals surface area contributed by atoms with Crippen LogP contribution in [-0.2, 0) is 0 Å². The molecule has 1 N–H and O–H groups in total. The zero-order valence-electron chi connectivity index (χ0n) is 16.8. The van der Waals surface area contributed by atoms with Crippen molar-refractivity contribution < 1.29 is 14.2 Å². The predicted molar refractivity (Wildman–Crippen MR) is 119 cm³/mol. The van der Waals surface area contributed by atoms with Crippen molar-refractivity contribution in [3.05, 3.63) is 65.7 Å². The van der Waals surface area contributed by atoms with Crippen LogP contribution in [0.1, 0.15) is 0 Å². The van der Waals surface area contributed by atoms with Crippen LogP contribution in [0, 0.1) is 0 Å². The number of anilines is 2. The first kappa shape index (κ1) is 19.8. The lowest BCUT2D eigenvalue weighted by Gasteiger charge is -2.15. The first-order valence-corrected chi connectivity index (χ1v) is 9.60. The Morgan fingerprint density at radius 3 is 2.10 bits per heavy atom. The van der Waals surface area contributed by atoms with Gasteiger partial charge in [0.15, 0.2) is 17.3 Å². The van der Waals surface area contributed by atoms with E-state index in [4.69, 9.17) is 35.8 Å². The monoisotopic (exact) mass is 421 g/mol. The van der Waals surface area contributed by atoms with E-state index >= 15 is 0 Å². The first-order valence-electron chi connectivity index (χ1n) is 9.22. The van der Waals surface area contributed by atoms with E-state index < -0.39 is 0 Å². The normalized spacial score (nSPS) is 10.7. The molecule has 0 aliphatic carbocycles. The Morgan fingerprint density at radius 2 is 1.47 bits per heavy atom. The molecule has 152 valence electrons. The second-order valence-corrected chi connectivity index (χ2v) is 6.90. The zero-order valence-corrected chi connectivity index (χ0v) is 17.5. The van der Waals surface area contributed by atoms with E-state index in [-0.39, 0.29) is 0 Å². The lowest BCUT2D eigenvalue weighted by atomic mass is 10.1. The van der Waals surface area contributed by atoms with Crippen LogP contribution in [-0.4, -0.2) is 31.3 Å². The Kier molecular flexibility index (Phi) is 5.59. The van der Waals surface area contributed by atoms with Crippen LogP contribution in [0.2, 0.25) is 5.02 Å². The van der Waals surface area contributed by atoms with Gasteiger partial charge in [-0.05, 0) is 48.5 Å². The summed E-state index contributed by atoms with van der Waals surface area (Å²) < 4.78 is 16.4. The average Bonchev–Trinajstić information content (AvgIpc) is 2.79. The fourth-order valence-corrected chi connectivity index (χ4v) is 3.31. The number of nitrogens with zero attached hydrogens (tertiary/aromatic N) is 2. The van der Waals surface area contributed by atoms with Gasteiger partial charge in [-0.3, -0.25) is 0 Å². The van der Waals surface area contributed by atoms with Gasteiger partial charge in [0.2, 0.25) is 5.75 Å². The third-order valence-corrected chi connectivity index (χ3v) is 4.89. The third kappa shape index (κ3) is 3.82. The van der Waals surface area contributed by atoms with Crippen LogP contribution in [0.3, 0.4) is 0 Å². The van der Waals surface area contributed by atoms with E-state index in [0.29, 0.717) is 33.9 Å². The SMILES string of the molecule is COc1cc(-c2nc(Nc3ccc(Cl)cc3)c3ccccc3n2)cc(OC)c1OC. The summed E-state index contributed by atoms with van der Waals surface area (Å²) >= 11 is 6.01. The second kappa shape index (κ2) is 8.47. The third-order valence-electron chi connectivity index (χ3n) is 4.63. The molecule has 6 nitrogen and oxygen atoms in total. The van der Waals surface area contributed by atoms with Crippen molar-refractivity contribution in [2.24, 2.45) is 0 Å². The quantitative estimate of drug-likeness (QED) is 0.429. The lowest BCUT2D eigenvalue weighted by Crippen LogP contribution is -2.01. The Hall–Kier alpha value is -3.51. The van der Waals surface area contributed by atoms with Gasteiger partial charge in [0, 0.05) is 21.7 Å². The van der Waals surface area contributed by atoms with Crippen LogP contribution in [0.4, 0.5) is 11.5 Å². The van der Waals surface area contributed by atoms with Gasteiger partial charge in [-0.25, -0.2) is 9.97 Å². The minimum atomic E-state index is 0.518. The molecule has 0 aliphatic heterocycles. The molecule has 0 atom stereocenters.